The van der Waals surface area contributed by atoms with Crippen molar-refractivity contribution in [3.63, 3.8) is 0 Å². The molecular formula is C14H11ClN4O3S. The molecule has 0 unspecified atom stereocenters. The highest BCUT2D eigenvalue weighted by Crippen LogP contribution is 2.35. The maximum absolute atomic E-state index is 10.8. The van der Waals surface area contributed by atoms with Crippen molar-refractivity contribution in [3.05, 3.63) is 51.7 Å². The Kier molecular flexibility index (Phi) is 4.35. The van der Waals surface area contributed by atoms with Gasteiger partial charge in [-0.1, -0.05) is 11.6 Å². The van der Waals surface area contributed by atoms with Crippen molar-refractivity contribution in [2.45, 2.75) is 23.5 Å². The average molecular weight is 351 g/mol. The van der Waals surface area contributed by atoms with Crippen LogP contribution in [0.25, 0.3) is 11.6 Å². The quantitative estimate of drug-likeness (QED) is 0.504. The molecule has 1 aromatic carbocycles. The van der Waals surface area contributed by atoms with Gasteiger partial charge in [0, 0.05) is 23.6 Å². The summed E-state index contributed by atoms with van der Waals surface area (Å²) in [5, 5.41) is 20.0. The summed E-state index contributed by atoms with van der Waals surface area (Å²) in [6.07, 6.45) is 1.57. The molecular weight excluding hydrogens is 340 g/mol. The Morgan fingerprint density at radius 2 is 2.22 bits per heavy atom. The number of aromatic nitrogens is 3. The van der Waals surface area contributed by atoms with Crippen LogP contribution in [0.4, 0.5) is 5.69 Å². The Morgan fingerprint density at radius 1 is 1.39 bits per heavy atom. The molecule has 2 heterocycles. The molecule has 9 heteroatoms. The van der Waals surface area contributed by atoms with Crippen molar-refractivity contribution in [3.8, 4) is 11.6 Å². The lowest BCUT2D eigenvalue weighted by atomic mass is 10.3. The normalized spacial score (nSPS) is 10.9. The van der Waals surface area contributed by atoms with Crippen LogP contribution in [-0.2, 0) is 6.54 Å². The summed E-state index contributed by atoms with van der Waals surface area (Å²) in [7, 11) is 0. The predicted molar refractivity (Wildman–Crippen MR) is 85.6 cm³/mol. The lowest BCUT2D eigenvalue weighted by Gasteiger charge is -2.06. The van der Waals surface area contributed by atoms with E-state index in [-0.39, 0.29) is 5.69 Å². The van der Waals surface area contributed by atoms with Gasteiger partial charge in [0.15, 0.2) is 16.7 Å². The van der Waals surface area contributed by atoms with E-state index in [0.29, 0.717) is 33.2 Å². The lowest BCUT2D eigenvalue weighted by molar-refractivity contribution is -0.384. The molecule has 23 heavy (non-hydrogen) atoms. The smallest absolute Gasteiger partial charge is 0.270 e. The van der Waals surface area contributed by atoms with Gasteiger partial charge in [-0.2, -0.15) is 0 Å². The van der Waals surface area contributed by atoms with Crippen molar-refractivity contribution in [2.75, 3.05) is 0 Å². The number of non-ortho nitro benzene ring substituents is 1. The van der Waals surface area contributed by atoms with E-state index in [1.807, 2.05) is 17.6 Å². The van der Waals surface area contributed by atoms with Crippen LogP contribution < -0.4 is 0 Å². The Hall–Kier alpha value is -2.32. The third-order valence-electron chi connectivity index (χ3n) is 3.10. The molecule has 0 aliphatic heterocycles. The molecule has 2 aromatic heterocycles. The van der Waals surface area contributed by atoms with Crippen LogP contribution in [0, 0.1) is 10.1 Å². The van der Waals surface area contributed by atoms with Gasteiger partial charge in [0.2, 0.25) is 0 Å². The molecule has 7 nitrogen and oxygen atoms in total. The maximum Gasteiger partial charge on any atom is 0.270 e. The second kappa shape index (κ2) is 6.43. The summed E-state index contributed by atoms with van der Waals surface area (Å²) in [5.74, 6) is 1.25. The highest BCUT2D eigenvalue weighted by molar-refractivity contribution is 7.99. The number of nitrogens with zero attached hydrogens (tertiary/aromatic N) is 4. The zero-order chi connectivity index (χ0) is 16.4. The number of nitro groups is 1. The van der Waals surface area contributed by atoms with Crippen LogP contribution in [0.3, 0.4) is 0 Å². The second-order valence-electron chi connectivity index (χ2n) is 4.50. The first kappa shape index (κ1) is 15.6. The van der Waals surface area contributed by atoms with Crippen molar-refractivity contribution in [1.82, 2.24) is 14.8 Å². The molecule has 0 amide bonds. The van der Waals surface area contributed by atoms with Gasteiger partial charge in [-0.15, -0.1) is 10.2 Å². The van der Waals surface area contributed by atoms with E-state index in [1.54, 1.807) is 18.4 Å². The van der Waals surface area contributed by atoms with Gasteiger partial charge < -0.3 is 4.42 Å². The first-order chi connectivity index (χ1) is 11.1. The molecule has 0 N–H and O–H groups in total. The minimum atomic E-state index is -0.482. The number of rotatable bonds is 5. The topological polar surface area (TPSA) is 87.0 Å². The standard InChI is InChI=1S/C14H11ClN4O3S/c1-2-18-13(11-4-3-7-22-11)16-17-14(18)23-12-6-5-9(19(20)21)8-10(12)15/h3-8H,2H2,1H3. The first-order valence-electron chi connectivity index (χ1n) is 6.69. The zero-order valence-corrected chi connectivity index (χ0v) is 13.5. The van der Waals surface area contributed by atoms with Gasteiger partial charge in [-0.3, -0.25) is 14.7 Å². The summed E-state index contributed by atoms with van der Waals surface area (Å²) in [6.45, 7) is 2.62. The Morgan fingerprint density at radius 3 is 2.83 bits per heavy atom. The fourth-order valence-electron chi connectivity index (χ4n) is 2.02. The molecule has 0 saturated heterocycles. The third-order valence-corrected chi connectivity index (χ3v) is 4.59. The van der Waals surface area contributed by atoms with Gasteiger partial charge in [0.25, 0.3) is 5.69 Å². The Balaban J connectivity index is 1.93. The summed E-state index contributed by atoms with van der Waals surface area (Å²) < 4.78 is 7.25. The van der Waals surface area contributed by atoms with E-state index in [0.717, 1.165) is 0 Å². The first-order valence-corrected chi connectivity index (χ1v) is 7.88. The predicted octanol–water partition coefficient (Wildman–Crippen LogP) is 4.27. The van der Waals surface area contributed by atoms with Gasteiger partial charge in [-0.05, 0) is 36.9 Å². The Bertz CT molecular complexity index is 848. The maximum atomic E-state index is 10.8. The average Bonchev–Trinajstić information content (AvgIpc) is 3.17. The fraction of sp³-hybridized carbons (Fsp3) is 0.143. The molecule has 3 rings (SSSR count). The SMILES string of the molecule is CCn1c(Sc2ccc([N+](=O)[O-])cc2Cl)nnc1-c1ccco1. The molecule has 0 spiro atoms. The summed E-state index contributed by atoms with van der Waals surface area (Å²) >= 11 is 7.42. The number of hydrogen-bond acceptors (Lipinski definition) is 6. The van der Waals surface area contributed by atoms with Crippen molar-refractivity contribution < 1.29 is 9.34 Å². The molecule has 0 radical (unpaired) electrons. The Labute approximate surface area is 140 Å². The van der Waals surface area contributed by atoms with Crippen LogP contribution >= 0.6 is 23.4 Å². The van der Waals surface area contributed by atoms with Crippen molar-refractivity contribution in [1.29, 1.82) is 0 Å². The minimum absolute atomic E-state index is 0.0485. The second-order valence-corrected chi connectivity index (χ2v) is 5.92. The van der Waals surface area contributed by atoms with Crippen LogP contribution in [0.5, 0.6) is 0 Å². The van der Waals surface area contributed by atoms with Crippen LogP contribution in [-0.4, -0.2) is 19.7 Å². The summed E-state index contributed by atoms with van der Waals surface area (Å²) in [6, 6.07) is 7.93. The molecule has 0 fully saturated rings. The number of furan rings is 1. The van der Waals surface area contributed by atoms with Crippen LogP contribution in [0.1, 0.15) is 6.92 Å². The molecule has 0 aliphatic rings. The monoisotopic (exact) mass is 350 g/mol. The number of hydrogen-bond donors (Lipinski definition) is 0. The van der Waals surface area contributed by atoms with E-state index in [4.69, 9.17) is 16.0 Å². The minimum Gasteiger partial charge on any atom is -0.461 e. The number of benzene rings is 1. The fourth-order valence-corrected chi connectivity index (χ4v) is 3.21. The van der Waals surface area contributed by atoms with E-state index in [9.17, 15) is 10.1 Å². The van der Waals surface area contributed by atoms with Gasteiger partial charge in [-0.25, -0.2) is 0 Å². The van der Waals surface area contributed by atoms with E-state index in [1.165, 1.54) is 23.9 Å². The van der Waals surface area contributed by atoms with E-state index >= 15 is 0 Å². The number of halogens is 1. The molecule has 0 atom stereocenters. The molecule has 0 aliphatic carbocycles. The lowest BCUT2D eigenvalue weighted by Crippen LogP contribution is -1.99. The third kappa shape index (κ3) is 3.08. The zero-order valence-electron chi connectivity index (χ0n) is 12.0. The summed E-state index contributed by atoms with van der Waals surface area (Å²) in [5.41, 5.74) is -0.0485. The van der Waals surface area contributed by atoms with Crippen molar-refractivity contribution >= 4 is 29.1 Å². The van der Waals surface area contributed by atoms with Crippen molar-refractivity contribution in [2.24, 2.45) is 0 Å². The highest BCUT2D eigenvalue weighted by atomic mass is 35.5. The highest BCUT2D eigenvalue weighted by Gasteiger charge is 2.17. The molecule has 3 aromatic rings. The number of nitro benzene ring substituents is 1. The van der Waals surface area contributed by atoms with E-state index in [2.05, 4.69) is 10.2 Å². The molecule has 118 valence electrons. The van der Waals surface area contributed by atoms with Gasteiger partial charge in [0.1, 0.15) is 0 Å². The molecule has 0 saturated carbocycles. The molecule has 0 bridgehead atoms. The van der Waals surface area contributed by atoms with Crippen LogP contribution in [0.15, 0.2) is 51.1 Å². The summed E-state index contributed by atoms with van der Waals surface area (Å²) in [4.78, 5) is 11.0. The van der Waals surface area contributed by atoms with Crippen LogP contribution in [0.2, 0.25) is 5.02 Å². The van der Waals surface area contributed by atoms with Gasteiger partial charge in [0.05, 0.1) is 16.2 Å². The largest absolute Gasteiger partial charge is 0.461 e. The van der Waals surface area contributed by atoms with Gasteiger partial charge >= 0.3 is 0 Å². The van der Waals surface area contributed by atoms with E-state index < -0.39 is 4.92 Å².